The van der Waals surface area contributed by atoms with Crippen LogP contribution in [0.2, 0.25) is 0 Å². The number of aromatic nitrogens is 1. The summed E-state index contributed by atoms with van der Waals surface area (Å²) in [4.78, 5) is 35.0. The molecule has 2 saturated heterocycles. The summed E-state index contributed by atoms with van der Waals surface area (Å²) in [5.74, 6) is -0.614. The number of likely N-dealkylation sites (N-methyl/N-ethyl adjacent to an activating group) is 1. The quantitative estimate of drug-likeness (QED) is 0.437. The van der Waals surface area contributed by atoms with Crippen LogP contribution in [0.25, 0.3) is 0 Å². The van der Waals surface area contributed by atoms with Crippen LogP contribution in [0.4, 0.5) is 10.8 Å². The van der Waals surface area contributed by atoms with Gasteiger partial charge in [0.1, 0.15) is 5.69 Å². The molecule has 11 heteroatoms. The van der Waals surface area contributed by atoms with Crippen molar-refractivity contribution in [2.75, 3.05) is 70.9 Å². The van der Waals surface area contributed by atoms with Gasteiger partial charge in [0.05, 0.1) is 30.6 Å². The number of hydrogen-bond donors (Lipinski definition) is 2. The van der Waals surface area contributed by atoms with Crippen molar-refractivity contribution < 1.29 is 23.8 Å². The molecule has 0 spiro atoms. The van der Waals surface area contributed by atoms with Gasteiger partial charge in [-0.25, -0.2) is 4.98 Å². The minimum Gasteiger partial charge on any atom is -0.383 e. The van der Waals surface area contributed by atoms with Crippen molar-refractivity contribution in [3.05, 3.63) is 40.4 Å². The average molecular weight is 518 g/mol. The minimum absolute atomic E-state index is 0.184. The second-order valence-corrected chi connectivity index (χ2v) is 9.96. The maximum atomic E-state index is 13.1. The Morgan fingerprint density at radius 2 is 2.14 bits per heavy atom. The van der Waals surface area contributed by atoms with Gasteiger partial charge >= 0.3 is 0 Å². The predicted molar refractivity (Wildman–Crippen MR) is 139 cm³/mol. The van der Waals surface area contributed by atoms with Gasteiger partial charge in [-0.3, -0.25) is 14.5 Å². The van der Waals surface area contributed by atoms with Crippen LogP contribution in [0.1, 0.15) is 39.3 Å². The molecule has 2 fully saturated rings. The second kappa shape index (κ2) is 12.6. The van der Waals surface area contributed by atoms with Crippen molar-refractivity contribution in [1.82, 2.24) is 15.2 Å². The van der Waals surface area contributed by atoms with Gasteiger partial charge in [0, 0.05) is 58.4 Å². The summed E-state index contributed by atoms with van der Waals surface area (Å²) in [6, 6.07) is 5.92. The minimum atomic E-state index is -0.348. The maximum Gasteiger partial charge on any atom is 0.275 e. The maximum absolute atomic E-state index is 13.1. The lowest BCUT2D eigenvalue weighted by molar-refractivity contribution is 0.0937. The Kier molecular flexibility index (Phi) is 9.27. The van der Waals surface area contributed by atoms with Crippen molar-refractivity contribution in [2.45, 2.75) is 31.5 Å². The molecule has 2 aromatic rings. The molecule has 2 aliphatic rings. The van der Waals surface area contributed by atoms with Gasteiger partial charge in [-0.05, 0) is 37.6 Å². The second-order valence-electron chi connectivity index (χ2n) is 9.12. The Labute approximate surface area is 215 Å². The number of nitrogens with one attached hydrogen (secondary N) is 2. The molecule has 0 aliphatic carbocycles. The van der Waals surface area contributed by atoms with E-state index in [1.807, 2.05) is 12.1 Å². The molecule has 1 aromatic carbocycles. The normalized spacial score (nSPS) is 19.7. The highest BCUT2D eigenvalue weighted by molar-refractivity contribution is 7.14. The smallest absolute Gasteiger partial charge is 0.275 e. The molecule has 36 heavy (non-hydrogen) atoms. The van der Waals surface area contributed by atoms with E-state index in [0.717, 1.165) is 43.2 Å². The molecule has 2 amide bonds. The lowest BCUT2D eigenvalue weighted by Gasteiger charge is -2.23. The van der Waals surface area contributed by atoms with E-state index >= 15 is 0 Å². The summed E-state index contributed by atoms with van der Waals surface area (Å²) in [5.41, 5.74) is 2.16. The summed E-state index contributed by atoms with van der Waals surface area (Å²) in [5, 5.41) is 8.30. The van der Waals surface area contributed by atoms with Crippen molar-refractivity contribution >= 4 is 34.0 Å². The van der Waals surface area contributed by atoms with E-state index in [1.165, 1.54) is 11.3 Å². The number of benzene rings is 1. The van der Waals surface area contributed by atoms with Gasteiger partial charge in [0.25, 0.3) is 11.8 Å². The molecule has 196 valence electrons. The summed E-state index contributed by atoms with van der Waals surface area (Å²) in [7, 11) is 5.35. The number of hydrogen-bond acceptors (Lipinski definition) is 9. The van der Waals surface area contributed by atoms with Crippen LogP contribution in [-0.4, -0.2) is 94.6 Å². The van der Waals surface area contributed by atoms with Gasteiger partial charge in [-0.15, -0.1) is 11.3 Å². The molecule has 2 N–H and O–H groups in total. The van der Waals surface area contributed by atoms with Crippen LogP contribution in [0, 0.1) is 0 Å². The fourth-order valence-electron chi connectivity index (χ4n) is 4.43. The van der Waals surface area contributed by atoms with Gasteiger partial charge in [0.15, 0.2) is 5.13 Å². The van der Waals surface area contributed by atoms with E-state index in [4.69, 9.17) is 14.2 Å². The lowest BCUT2D eigenvalue weighted by atomic mass is 10.1. The first-order valence-corrected chi connectivity index (χ1v) is 13.1. The zero-order valence-electron chi connectivity index (χ0n) is 21.1. The highest BCUT2D eigenvalue weighted by atomic mass is 32.1. The zero-order valence-corrected chi connectivity index (χ0v) is 21.9. The number of carbonyl (C=O) groups is 2. The third-order valence-electron chi connectivity index (χ3n) is 6.60. The highest BCUT2D eigenvalue weighted by Gasteiger charge is 2.26. The first-order chi connectivity index (χ1) is 17.5. The van der Waals surface area contributed by atoms with Crippen LogP contribution in [-0.2, 0) is 20.8 Å². The van der Waals surface area contributed by atoms with Gasteiger partial charge < -0.3 is 29.7 Å². The topological polar surface area (TPSA) is 105 Å². The van der Waals surface area contributed by atoms with Crippen LogP contribution < -0.4 is 15.5 Å². The summed E-state index contributed by atoms with van der Waals surface area (Å²) < 4.78 is 16.0. The third kappa shape index (κ3) is 6.60. The monoisotopic (exact) mass is 517 g/mol. The van der Waals surface area contributed by atoms with Crippen molar-refractivity contribution in [3.8, 4) is 0 Å². The van der Waals surface area contributed by atoms with Crippen LogP contribution in [0.15, 0.2) is 23.6 Å². The van der Waals surface area contributed by atoms with E-state index in [2.05, 4.69) is 32.5 Å². The van der Waals surface area contributed by atoms with Gasteiger partial charge in [-0.1, -0.05) is 6.07 Å². The van der Waals surface area contributed by atoms with Crippen molar-refractivity contribution in [2.24, 2.45) is 0 Å². The molecule has 0 bridgehead atoms. The molecule has 4 rings (SSSR count). The van der Waals surface area contributed by atoms with E-state index in [0.29, 0.717) is 49.3 Å². The van der Waals surface area contributed by atoms with E-state index in [-0.39, 0.29) is 17.9 Å². The molecule has 2 aliphatic heterocycles. The number of methoxy groups -OCH3 is 2. The Hall–Kier alpha value is -2.57. The molecule has 10 nitrogen and oxygen atoms in total. The Bertz CT molecular complexity index is 1040. The van der Waals surface area contributed by atoms with Gasteiger partial charge in [0.2, 0.25) is 0 Å². The fourth-order valence-corrected chi connectivity index (χ4v) is 5.27. The zero-order chi connectivity index (χ0) is 25.5. The molecule has 1 aromatic heterocycles. The SMILES string of the molecule is COCCNC(=O)c1cc(CN(C)C2CCOC2)ccc1NC(=O)c1csc(N2CC[C@H](OC)C2)n1. The highest BCUT2D eigenvalue weighted by Crippen LogP contribution is 2.27. The van der Waals surface area contributed by atoms with Crippen LogP contribution in [0.3, 0.4) is 0 Å². The first kappa shape index (κ1) is 26.5. The Balaban J connectivity index is 1.48. The largest absolute Gasteiger partial charge is 0.383 e. The molecule has 0 radical (unpaired) electrons. The molecule has 0 saturated carbocycles. The third-order valence-corrected chi connectivity index (χ3v) is 7.50. The number of ether oxygens (including phenoxy) is 3. The molecular formula is C25H35N5O5S. The number of thiazole rings is 1. The first-order valence-electron chi connectivity index (χ1n) is 12.2. The van der Waals surface area contributed by atoms with Crippen molar-refractivity contribution in [1.29, 1.82) is 0 Å². The van der Waals surface area contributed by atoms with E-state index in [1.54, 1.807) is 25.7 Å². The molecule has 3 heterocycles. The standard InChI is InChI=1S/C25H35N5O5S/c1-29(18-7-10-35-15-18)13-17-4-5-21(20(12-17)23(31)26-8-11-33-2)27-24(32)22-16-36-25(28-22)30-9-6-19(14-30)34-3/h4-5,12,16,18-19H,6-11,13-15H2,1-3H3,(H,26,31)(H,27,32)/t18?,19-/m0/s1. The average Bonchev–Trinajstić information content (AvgIpc) is 3.66. The number of nitrogens with zero attached hydrogens (tertiary/aromatic N) is 3. The van der Waals surface area contributed by atoms with Crippen molar-refractivity contribution in [3.63, 3.8) is 0 Å². The summed E-state index contributed by atoms with van der Waals surface area (Å²) in [6.45, 7) is 4.56. The van der Waals surface area contributed by atoms with E-state index in [9.17, 15) is 9.59 Å². The predicted octanol–water partition coefficient (Wildman–Crippen LogP) is 2.22. The molecule has 1 unspecified atom stereocenters. The summed E-state index contributed by atoms with van der Waals surface area (Å²) >= 11 is 1.43. The number of carbonyl (C=O) groups excluding carboxylic acids is 2. The molecule has 2 atom stereocenters. The molecular weight excluding hydrogens is 482 g/mol. The van der Waals surface area contributed by atoms with E-state index < -0.39 is 0 Å². The Morgan fingerprint density at radius 3 is 2.86 bits per heavy atom. The number of anilines is 2. The lowest BCUT2D eigenvalue weighted by Crippen LogP contribution is -2.32. The Morgan fingerprint density at radius 1 is 1.28 bits per heavy atom. The number of amides is 2. The van der Waals surface area contributed by atoms with Crippen LogP contribution in [0.5, 0.6) is 0 Å². The van der Waals surface area contributed by atoms with Gasteiger partial charge in [-0.2, -0.15) is 0 Å². The number of rotatable bonds is 11. The fraction of sp³-hybridized carbons (Fsp3) is 0.560. The summed E-state index contributed by atoms with van der Waals surface area (Å²) in [6.07, 6.45) is 2.12. The van der Waals surface area contributed by atoms with Crippen LogP contribution >= 0.6 is 11.3 Å².